The molecule has 0 atom stereocenters. The van der Waals surface area contributed by atoms with Gasteiger partial charge in [-0.1, -0.05) is 45.0 Å². The lowest BCUT2D eigenvalue weighted by molar-refractivity contribution is -0.149. The van der Waals surface area contributed by atoms with E-state index in [0.29, 0.717) is 11.4 Å². The van der Waals surface area contributed by atoms with Crippen molar-refractivity contribution >= 4 is 33.5 Å². The van der Waals surface area contributed by atoms with Crippen molar-refractivity contribution in [2.75, 3.05) is 18.5 Å². The lowest BCUT2D eigenvalue weighted by atomic mass is 9.87. The molecule has 1 amide bonds. The molecule has 2 aromatic carbocycles. The first-order valence-corrected chi connectivity index (χ1v) is 8.98. The fourth-order valence-corrected chi connectivity index (χ4v) is 2.51. The van der Waals surface area contributed by atoms with Crippen LogP contribution in [0.3, 0.4) is 0 Å². The van der Waals surface area contributed by atoms with Gasteiger partial charge in [0.15, 0.2) is 13.2 Å². The molecule has 1 N–H and O–H groups in total. The van der Waals surface area contributed by atoms with E-state index in [1.165, 1.54) is 5.56 Å². The van der Waals surface area contributed by atoms with Gasteiger partial charge >= 0.3 is 5.97 Å². The Bertz CT molecular complexity index is 766. The van der Waals surface area contributed by atoms with Crippen LogP contribution in [0, 0.1) is 0 Å². The van der Waals surface area contributed by atoms with E-state index in [4.69, 9.17) is 9.47 Å². The minimum Gasteiger partial charge on any atom is -0.482 e. The number of rotatable bonds is 6. The van der Waals surface area contributed by atoms with Gasteiger partial charge in [0.1, 0.15) is 5.75 Å². The molecule has 5 nitrogen and oxygen atoms in total. The second kappa shape index (κ2) is 8.85. The number of esters is 1. The van der Waals surface area contributed by atoms with Crippen molar-refractivity contribution in [1.29, 1.82) is 0 Å². The number of nitrogens with one attached hydrogen (secondary N) is 1. The average Bonchev–Trinajstić information content (AvgIpc) is 2.60. The van der Waals surface area contributed by atoms with Crippen molar-refractivity contribution in [3.05, 3.63) is 58.6 Å². The molecule has 138 valence electrons. The van der Waals surface area contributed by atoms with Crippen molar-refractivity contribution in [1.82, 2.24) is 0 Å². The second-order valence-electron chi connectivity index (χ2n) is 6.75. The summed E-state index contributed by atoms with van der Waals surface area (Å²) < 4.78 is 11.1. The standard InChI is InChI=1S/C20H22BrNO4/c1-20(2,3)14-8-10-15(11-9-14)25-13-19(24)26-12-18(23)22-17-7-5-4-6-16(17)21/h4-11H,12-13H2,1-3H3,(H,22,23). The van der Waals surface area contributed by atoms with Crippen molar-refractivity contribution in [2.45, 2.75) is 26.2 Å². The number of carbonyl (C=O) groups is 2. The first kappa shape index (κ1) is 20.0. The number of amides is 1. The summed E-state index contributed by atoms with van der Waals surface area (Å²) in [6.07, 6.45) is 0. The van der Waals surface area contributed by atoms with E-state index in [2.05, 4.69) is 42.0 Å². The average molecular weight is 420 g/mol. The normalized spacial score (nSPS) is 10.9. The van der Waals surface area contributed by atoms with E-state index in [0.717, 1.165) is 4.47 Å². The van der Waals surface area contributed by atoms with Crippen LogP contribution in [0.4, 0.5) is 5.69 Å². The molecule has 0 heterocycles. The third-order valence-corrected chi connectivity index (χ3v) is 4.28. The van der Waals surface area contributed by atoms with Crippen LogP contribution in [-0.4, -0.2) is 25.1 Å². The Morgan fingerprint density at radius 1 is 1.00 bits per heavy atom. The summed E-state index contributed by atoms with van der Waals surface area (Å²) >= 11 is 3.33. The fraction of sp³-hybridized carbons (Fsp3) is 0.300. The predicted molar refractivity (Wildman–Crippen MR) is 104 cm³/mol. The molecule has 0 fully saturated rings. The number of carbonyl (C=O) groups excluding carboxylic acids is 2. The van der Waals surface area contributed by atoms with E-state index < -0.39 is 11.9 Å². The number of benzene rings is 2. The van der Waals surface area contributed by atoms with Crippen LogP contribution < -0.4 is 10.1 Å². The Hall–Kier alpha value is -2.34. The van der Waals surface area contributed by atoms with Gasteiger partial charge in [-0.25, -0.2) is 4.79 Å². The monoisotopic (exact) mass is 419 g/mol. The van der Waals surface area contributed by atoms with E-state index in [9.17, 15) is 9.59 Å². The molecule has 26 heavy (non-hydrogen) atoms. The van der Waals surface area contributed by atoms with Crippen LogP contribution in [0.25, 0.3) is 0 Å². The van der Waals surface area contributed by atoms with Gasteiger partial charge in [0.05, 0.1) is 5.69 Å². The quantitative estimate of drug-likeness (QED) is 0.708. The van der Waals surface area contributed by atoms with Crippen LogP contribution in [-0.2, 0) is 19.7 Å². The number of para-hydroxylation sites is 1. The summed E-state index contributed by atoms with van der Waals surface area (Å²) in [5, 5.41) is 2.66. The molecular weight excluding hydrogens is 398 g/mol. The number of anilines is 1. The van der Waals surface area contributed by atoms with Gasteiger partial charge in [-0.05, 0) is 51.2 Å². The third kappa shape index (κ3) is 6.19. The molecule has 0 bridgehead atoms. The molecule has 0 spiro atoms. The first-order chi connectivity index (χ1) is 12.3. The predicted octanol–water partition coefficient (Wildman–Crippen LogP) is 4.31. The molecule has 2 aromatic rings. The SMILES string of the molecule is CC(C)(C)c1ccc(OCC(=O)OCC(=O)Nc2ccccc2Br)cc1. The maximum Gasteiger partial charge on any atom is 0.344 e. The summed E-state index contributed by atoms with van der Waals surface area (Å²) in [5.74, 6) is -0.445. The first-order valence-electron chi connectivity index (χ1n) is 8.19. The van der Waals surface area contributed by atoms with E-state index in [1.54, 1.807) is 18.2 Å². The number of halogens is 1. The van der Waals surface area contributed by atoms with E-state index >= 15 is 0 Å². The molecule has 2 rings (SSSR count). The van der Waals surface area contributed by atoms with Gasteiger partial charge in [-0.2, -0.15) is 0 Å². The molecule has 0 saturated heterocycles. The van der Waals surface area contributed by atoms with Crippen LogP contribution in [0.2, 0.25) is 0 Å². The van der Waals surface area contributed by atoms with Crippen molar-refractivity contribution < 1.29 is 19.1 Å². The van der Waals surface area contributed by atoms with Crippen molar-refractivity contribution in [3.63, 3.8) is 0 Å². The van der Waals surface area contributed by atoms with Gasteiger partial charge in [0.25, 0.3) is 5.91 Å². The topological polar surface area (TPSA) is 64.6 Å². The highest BCUT2D eigenvalue weighted by Crippen LogP contribution is 2.24. The highest BCUT2D eigenvalue weighted by Gasteiger charge is 2.14. The summed E-state index contributed by atoms with van der Waals surface area (Å²) in [6, 6.07) is 14.7. The summed E-state index contributed by atoms with van der Waals surface area (Å²) in [4.78, 5) is 23.6. The minimum absolute atomic E-state index is 0.0541. The molecule has 0 saturated carbocycles. The van der Waals surface area contributed by atoms with Crippen LogP contribution in [0.15, 0.2) is 53.0 Å². The number of ether oxygens (including phenoxy) is 2. The van der Waals surface area contributed by atoms with Gasteiger partial charge < -0.3 is 14.8 Å². The number of hydrogen-bond acceptors (Lipinski definition) is 4. The van der Waals surface area contributed by atoms with E-state index in [-0.39, 0.29) is 18.6 Å². The van der Waals surface area contributed by atoms with Gasteiger partial charge in [-0.3, -0.25) is 4.79 Å². The molecule has 0 aliphatic heterocycles. The summed E-state index contributed by atoms with van der Waals surface area (Å²) in [7, 11) is 0. The highest BCUT2D eigenvalue weighted by molar-refractivity contribution is 9.10. The lowest BCUT2D eigenvalue weighted by Crippen LogP contribution is -2.23. The molecule has 6 heteroatoms. The summed E-state index contributed by atoms with van der Waals surface area (Å²) in [5.41, 5.74) is 1.85. The van der Waals surface area contributed by atoms with Crippen molar-refractivity contribution in [2.24, 2.45) is 0 Å². The summed E-state index contributed by atoms with van der Waals surface area (Å²) in [6.45, 7) is 5.75. The zero-order chi connectivity index (χ0) is 19.2. The number of hydrogen-bond donors (Lipinski definition) is 1. The fourth-order valence-electron chi connectivity index (χ4n) is 2.13. The maximum atomic E-state index is 11.8. The molecule has 0 aromatic heterocycles. The maximum absolute atomic E-state index is 11.8. The van der Waals surface area contributed by atoms with Gasteiger partial charge in [0, 0.05) is 4.47 Å². The molecule has 0 radical (unpaired) electrons. The molecular formula is C20H22BrNO4. The van der Waals surface area contributed by atoms with Crippen LogP contribution >= 0.6 is 15.9 Å². The Balaban J connectivity index is 1.75. The van der Waals surface area contributed by atoms with Crippen LogP contribution in [0.1, 0.15) is 26.3 Å². The Kier molecular flexibility index (Phi) is 6.80. The molecule has 0 aliphatic rings. The van der Waals surface area contributed by atoms with E-state index in [1.807, 2.05) is 30.3 Å². The lowest BCUT2D eigenvalue weighted by Gasteiger charge is -2.19. The zero-order valence-electron chi connectivity index (χ0n) is 15.0. The zero-order valence-corrected chi connectivity index (χ0v) is 16.6. The Morgan fingerprint density at radius 2 is 1.65 bits per heavy atom. The Morgan fingerprint density at radius 3 is 2.27 bits per heavy atom. The highest BCUT2D eigenvalue weighted by atomic mass is 79.9. The molecule has 0 aliphatic carbocycles. The second-order valence-corrected chi connectivity index (χ2v) is 7.61. The smallest absolute Gasteiger partial charge is 0.344 e. The van der Waals surface area contributed by atoms with Crippen molar-refractivity contribution in [3.8, 4) is 5.75 Å². The van der Waals surface area contributed by atoms with Crippen LogP contribution in [0.5, 0.6) is 5.75 Å². The third-order valence-electron chi connectivity index (χ3n) is 3.59. The largest absolute Gasteiger partial charge is 0.482 e. The minimum atomic E-state index is -0.604. The van der Waals surface area contributed by atoms with Gasteiger partial charge in [0.2, 0.25) is 0 Å². The molecule has 0 unspecified atom stereocenters. The van der Waals surface area contributed by atoms with Gasteiger partial charge in [-0.15, -0.1) is 0 Å². The Labute approximate surface area is 161 Å².